The molecule has 1 amide bonds. The van der Waals surface area contributed by atoms with Gasteiger partial charge in [0.05, 0.1) is 17.4 Å². The van der Waals surface area contributed by atoms with Crippen molar-refractivity contribution in [2.45, 2.75) is 34.6 Å². The van der Waals surface area contributed by atoms with Crippen LogP contribution in [0.3, 0.4) is 0 Å². The van der Waals surface area contributed by atoms with Crippen molar-refractivity contribution >= 4 is 11.6 Å². The number of nitrogens with one attached hydrogen (secondary N) is 1. The average Bonchev–Trinajstić information content (AvgIpc) is 2.37. The molecule has 1 N–H and O–H groups in total. The van der Waals surface area contributed by atoms with Crippen LogP contribution in [0.15, 0.2) is 18.5 Å². The van der Waals surface area contributed by atoms with E-state index >= 15 is 0 Å². The van der Waals surface area contributed by atoms with Crippen LogP contribution in [0.4, 0.5) is 5.69 Å². The molecule has 20 heavy (non-hydrogen) atoms. The fraction of sp³-hybridized carbons (Fsp3) is 0.625. The Morgan fingerprint density at radius 3 is 2.35 bits per heavy atom. The molecular formula is C16H27N3O. The smallest absolute Gasteiger partial charge is 0.256 e. The molecular weight excluding hydrogens is 250 g/mol. The van der Waals surface area contributed by atoms with Crippen molar-refractivity contribution in [2.24, 2.45) is 11.8 Å². The monoisotopic (exact) mass is 277 g/mol. The van der Waals surface area contributed by atoms with Crippen LogP contribution in [-0.4, -0.2) is 35.4 Å². The third-order valence-electron chi connectivity index (χ3n) is 2.88. The Bertz CT molecular complexity index is 419. The van der Waals surface area contributed by atoms with Crippen LogP contribution in [-0.2, 0) is 0 Å². The normalized spacial score (nSPS) is 10.9. The molecule has 1 aromatic rings. The van der Waals surface area contributed by atoms with Gasteiger partial charge in [0.1, 0.15) is 0 Å². The average molecular weight is 277 g/mol. The van der Waals surface area contributed by atoms with E-state index in [1.165, 1.54) is 0 Å². The van der Waals surface area contributed by atoms with E-state index in [0.29, 0.717) is 17.4 Å². The summed E-state index contributed by atoms with van der Waals surface area (Å²) in [5, 5.41) is 3.21. The van der Waals surface area contributed by atoms with Crippen molar-refractivity contribution in [3.05, 3.63) is 24.0 Å². The summed E-state index contributed by atoms with van der Waals surface area (Å²) in [6, 6.07) is 1.80. The number of carbonyl (C=O) groups is 1. The number of hydrogen-bond acceptors (Lipinski definition) is 3. The molecule has 0 saturated carbocycles. The van der Waals surface area contributed by atoms with Crippen LogP contribution in [0, 0.1) is 11.8 Å². The molecule has 4 heteroatoms. The minimum atomic E-state index is 0.0887. The zero-order valence-electron chi connectivity index (χ0n) is 13.3. The van der Waals surface area contributed by atoms with E-state index in [-0.39, 0.29) is 5.91 Å². The second-order valence-corrected chi connectivity index (χ2v) is 5.95. The summed E-state index contributed by atoms with van der Waals surface area (Å²) in [7, 11) is 0. The molecule has 112 valence electrons. The molecule has 0 unspecified atom stereocenters. The molecule has 0 spiro atoms. The Kier molecular flexibility index (Phi) is 6.49. The topological polar surface area (TPSA) is 45.2 Å². The van der Waals surface area contributed by atoms with Gasteiger partial charge in [0, 0.05) is 25.8 Å². The lowest BCUT2D eigenvalue weighted by atomic mass is 10.1. The third kappa shape index (κ3) is 4.83. The van der Waals surface area contributed by atoms with E-state index in [4.69, 9.17) is 0 Å². The van der Waals surface area contributed by atoms with E-state index in [9.17, 15) is 4.79 Å². The van der Waals surface area contributed by atoms with Crippen LogP contribution < -0.4 is 5.32 Å². The Hall–Kier alpha value is -1.58. The van der Waals surface area contributed by atoms with Gasteiger partial charge in [-0.25, -0.2) is 0 Å². The fourth-order valence-corrected chi connectivity index (χ4v) is 2.20. The van der Waals surface area contributed by atoms with Gasteiger partial charge in [0.2, 0.25) is 0 Å². The van der Waals surface area contributed by atoms with Crippen LogP contribution in [0.25, 0.3) is 0 Å². The second-order valence-electron chi connectivity index (χ2n) is 5.95. The van der Waals surface area contributed by atoms with Gasteiger partial charge in [-0.2, -0.15) is 0 Å². The maximum absolute atomic E-state index is 12.8. The molecule has 0 aromatic carbocycles. The van der Waals surface area contributed by atoms with Crippen molar-refractivity contribution in [1.29, 1.82) is 0 Å². The Morgan fingerprint density at radius 1 is 1.25 bits per heavy atom. The molecule has 0 radical (unpaired) electrons. The van der Waals surface area contributed by atoms with Crippen molar-refractivity contribution < 1.29 is 4.79 Å². The maximum Gasteiger partial charge on any atom is 0.256 e. The third-order valence-corrected chi connectivity index (χ3v) is 2.88. The van der Waals surface area contributed by atoms with Crippen LogP contribution in [0.2, 0.25) is 0 Å². The van der Waals surface area contributed by atoms with Gasteiger partial charge in [0.15, 0.2) is 0 Å². The Labute approximate surface area is 122 Å². The summed E-state index contributed by atoms with van der Waals surface area (Å²) in [5.74, 6) is 1.01. The van der Waals surface area contributed by atoms with Crippen molar-refractivity contribution in [2.75, 3.05) is 25.0 Å². The van der Waals surface area contributed by atoms with Gasteiger partial charge < -0.3 is 10.2 Å². The van der Waals surface area contributed by atoms with E-state index in [1.807, 2.05) is 11.8 Å². The summed E-state index contributed by atoms with van der Waals surface area (Å²) in [6.07, 6.45) is 3.40. The number of aromatic nitrogens is 1. The minimum Gasteiger partial charge on any atom is -0.383 e. The number of anilines is 1. The number of rotatable bonds is 7. The Morgan fingerprint density at radius 2 is 1.85 bits per heavy atom. The van der Waals surface area contributed by atoms with Crippen molar-refractivity contribution in [1.82, 2.24) is 9.88 Å². The van der Waals surface area contributed by atoms with Gasteiger partial charge in [-0.05, 0) is 24.8 Å². The standard InChI is InChI=1S/C16H27N3O/c1-6-18-15-9-17-8-7-14(15)16(20)19(10-12(2)3)11-13(4)5/h7-9,12-13,18H,6,10-11H2,1-5H3. The van der Waals surface area contributed by atoms with Gasteiger partial charge in [0.25, 0.3) is 5.91 Å². The molecule has 1 aromatic heterocycles. The predicted molar refractivity (Wildman–Crippen MR) is 84.0 cm³/mol. The molecule has 0 bridgehead atoms. The summed E-state index contributed by atoms with van der Waals surface area (Å²) in [5.41, 5.74) is 1.53. The quantitative estimate of drug-likeness (QED) is 0.832. The van der Waals surface area contributed by atoms with E-state index in [2.05, 4.69) is 38.0 Å². The highest BCUT2D eigenvalue weighted by Gasteiger charge is 2.20. The summed E-state index contributed by atoms with van der Waals surface area (Å²) >= 11 is 0. The molecule has 0 fully saturated rings. The highest BCUT2D eigenvalue weighted by atomic mass is 16.2. The zero-order chi connectivity index (χ0) is 15.1. The highest BCUT2D eigenvalue weighted by Crippen LogP contribution is 2.17. The lowest BCUT2D eigenvalue weighted by molar-refractivity contribution is 0.0716. The SMILES string of the molecule is CCNc1cnccc1C(=O)N(CC(C)C)CC(C)C. The minimum absolute atomic E-state index is 0.0887. The number of amides is 1. The summed E-state index contributed by atoms with van der Waals surface area (Å²) in [4.78, 5) is 18.8. The fourth-order valence-electron chi connectivity index (χ4n) is 2.20. The molecule has 0 aliphatic heterocycles. The lowest BCUT2D eigenvalue weighted by Crippen LogP contribution is -2.37. The van der Waals surface area contributed by atoms with Gasteiger partial charge >= 0.3 is 0 Å². The Balaban J connectivity index is 2.98. The first-order chi connectivity index (χ1) is 9.45. The lowest BCUT2D eigenvalue weighted by Gasteiger charge is -2.27. The molecule has 4 nitrogen and oxygen atoms in total. The van der Waals surface area contributed by atoms with E-state index < -0.39 is 0 Å². The molecule has 0 atom stereocenters. The molecule has 1 heterocycles. The van der Waals surface area contributed by atoms with Crippen molar-refractivity contribution in [3.63, 3.8) is 0 Å². The van der Waals surface area contributed by atoms with E-state index in [0.717, 1.165) is 25.3 Å². The van der Waals surface area contributed by atoms with Crippen molar-refractivity contribution in [3.8, 4) is 0 Å². The number of pyridine rings is 1. The predicted octanol–water partition coefficient (Wildman–Crippen LogP) is 3.27. The first kappa shape index (κ1) is 16.5. The summed E-state index contributed by atoms with van der Waals surface area (Å²) in [6.45, 7) is 12.9. The first-order valence-corrected chi connectivity index (χ1v) is 7.42. The first-order valence-electron chi connectivity index (χ1n) is 7.42. The number of nitrogens with zero attached hydrogens (tertiary/aromatic N) is 2. The van der Waals surface area contributed by atoms with Gasteiger partial charge in [-0.15, -0.1) is 0 Å². The number of carbonyl (C=O) groups excluding carboxylic acids is 1. The molecule has 0 saturated heterocycles. The van der Waals surface area contributed by atoms with Gasteiger partial charge in [-0.3, -0.25) is 9.78 Å². The summed E-state index contributed by atoms with van der Waals surface area (Å²) < 4.78 is 0. The van der Waals surface area contributed by atoms with E-state index in [1.54, 1.807) is 18.5 Å². The van der Waals surface area contributed by atoms with Crippen LogP contribution in [0.5, 0.6) is 0 Å². The zero-order valence-corrected chi connectivity index (χ0v) is 13.3. The van der Waals surface area contributed by atoms with Crippen LogP contribution in [0.1, 0.15) is 45.0 Å². The van der Waals surface area contributed by atoms with Crippen LogP contribution >= 0.6 is 0 Å². The van der Waals surface area contributed by atoms with Gasteiger partial charge in [-0.1, -0.05) is 27.7 Å². The molecule has 1 rings (SSSR count). The maximum atomic E-state index is 12.8. The molecule has 0 aliphatic carbocycles. The molecule has 0 aliphatic rings. The highest BCUT2D eigenvalue weighted by molar-refractivity contribution is 5.99. The number of hydrogen-bond donors (Lipinski definition) is 1. The largest absolute Gasteiger partial charge is 0.383 e. The second kappa shape index (κ2) is 7.88.